The van der Waals surface area contributed by atoms with Crippen LogP contribution in [0.15, 0.2) is 42.5 Å². The van der Waals surface area contributed by atoms with E-state index in [4.69, 9.17) is 16.3 Å². The van der Waals surface area contributed by atoms with Gasteiger partial charge in [0.1, 0.15) is 5.69 Å². The predicted molar refractivity (Wildman–Crippen MR) is 115 cm³/mol. The smallest absolute Gasteiger partial charge is 0.310 e. The Labute approximate surface area is 175 Å². The number of hydrogen-bond acceptors (Lipinski definition) is 4. The number of amides is 1. The van der Waals surface area contributed by atoms with E-state index in [1.807, 2.05) is 43.3 Å². The molecule has 1 aromatic heterocycles. The Morgan fingerprint density at radius 2 is 1.79 bits per heavy atom. The second-order valence-corrected chi connectivity index (χ2v) is 7.43. The number of halogens is 1. The van der Waals surface area contributed by atoms with Crippen LogP contribution in [-0.2, 0) is 16.0 Å². The van der Waals surface area contributed by atoms with Crippen molar-refractivity contribution in [3.8, 4) is 11.1 Å². The molecule has 0 atom stereocenters. The van der Waals surface area contributed by atoms with E-state index in [1.165, 1.54) is 4.90 Å². The van der Waals surface area contributed by atoms with E-state index in [1.54, 1.807) is 27.1 Å². The number of aryl methyl sites for hydroxylation is 1. The van der Waals surface area contributed by atoms with E-state index >= 15 is 0 Å². The molecule has 0 saturated carbocycles. The third-order valence-electron chi connectivity index (χ3n) is 4.71. The molecule has 1 heterocycles. The molecule has 0 aliphatic heterocycles. The molecule has 3 aromatic rings. The van der Waals surface area contributed by atoms with Crippen LogP contribution in [0, 0.1) is 6.92 Å². The largest absolute Gasteiger partial charge is 0.466 e. The highest BCUT2D eigenvalue weighted by molar-refractivity contribution is 6.30. The van der Waals surface area contributed by atoms with Gasteiger partial charge in [0, 0.05) is 24.5 Å². The maximum absolute atomic E-state index is 12.3. The van der Waals surface area contributed by atoms with Crippen LogP contribution in [0.25, 0.3) is 22.0 Å². The van der Waals surface area contributed by atoms with E-state index < -0.39 is 0 Å². The van der Waals surface area contributed by atoms with Gasteiger partial charge in [0.15, 0.2) is 0 Å². The first-order valence-electron chi connectivity index (χ1n) is 9.38. The molecule has 0 aliphatic rings. The quantitative estimate of drug-likeness (QED) is 0.573. The lowest BCUT2D eigenvalue weighted by molar-refractivity contribution is -0.142. The second-order valence-electron chi connectivity index (χ2n) is 7.00. The van der Waals surface area contributed by atoms with Crippen molar-refractivity contribution in [2.75, 3.05) is 20.7 Å². The minimum atomic E-state index is -0.280. The van der Waals surface area contributed by atoms with Crippen molar-refractivity contribution >= 4 is 34.4 Å². The number of hydrogen-bond donors (Lipinski definition) is 0. The number of carbonyl (C=O) groups is 2. The Morgan fingerprint density at radius 1 is 1.10 bits per heavy atom. The number of esters is 1. The standard InChI is InChI=1S/C23H23ClN2O3/c1-5-29-21(27)13-18-14(2)12-20-17(10-11-19(25-20)23(28)26(3)4)22(18)15-6-8-16(24)9-7-15/h6-12H,5,13H2,1-4H3. The molecular formula is C23H23ClN2O3. The number of benzene rings is 2. The zero-order chi connectivity index (χ0) is 21.1. The predicted octanol–water partition coefficient (Wildman–Crippen LogP) is 4.67. The lowest BCUT2D eigenvalue weighted by atomic mass is 9.90. The Hall–Kier alpha value is -2.92. The number of nitrogens with zero attached hydrogens (tertiary/aromatic N) is 2. The Morgan fingerprint density at radius 3 is 2.41 bits per heavy atom. The molecule has 0 spiro atoms. The van der Waals surface area contributed by atoms with Gasteiger partial charge in [0.25, 0.3) is 5.91 Å². The van der Waals surface area contributed by atoms with Crippen LogP contribution in [0.4, 0.5) is 0 Å². The summed E-state index contributed by atoms with van der Waals surface area (Å²) in [5, 5.41) is 1.50. The van der Waals surface area contributed by atoms with Gasteiger partial charge in [0.05, 0.1) is 18.5 Å². The van der Waals surface area contributed by atoms with Gasteiger partial charge in [-0.3, -0.25) is 9.59 Å². The van der Waals surface area contributed by atoms with Gasteiger partial charge in [-0.2, -0.15) is 0 Å². The third-order valence-corrected chi connectivity index (χ3v) is 4.96. The van der Waals surface area contributed by atoms with Crippen LogP contribution in [0.1, 0.15) is 28.5 Å². The SMILES string of the molecule is CCOC(=O)Cc1c(C)cc2nc(C(=O)N(C)C)ccc2c1-c1ccc(Cl)cc1. The fourth-order valence-corrected chi connectivity index (χ4v) is 3.45. The first-order chi connectivity index (χ1) is 13.8. The molecule has 0 bridgehead atoms. The lowest BCUT2D eigenvalue weighted by Gasteiger charge is -2.17. The van der Waals surface area contributed by atoms with Crippen LogP contribution in [0.2, 0.25) is 5.02 Å². The summed E-state index contributed by atoms with van der Waals surface area (Å²) in [6.45, 7) is 4.06. The van der Waals surface area contributed by atoms with E-state index in [0.29, 0.717) is 22.8 Å². The van der Waals surface area contributed by atoms with Gasteiger partial charge in [-0.25, -0.2) is 4.98 Å². The highest BCUT2D eigenvalue weighted by atomic mass is 35.5. The zero-order valence-corrected chi connectivity index (χ0v) is 17.7. The maximum atomic E-state index is 12.3. The van der Waals surface area contributed by atoms with Crippen molar-refractivity contribution in [2.45, 2.75) is 20.3 Å². The topological polar surface area (TPSA) is 59.5 Å². The first-order valence-corrected chi connectivity index (χ1v) is 9.76. The molecule has 5 nitrogen and oxygen atoms in total. The normalized spacial score (nSPS) is 10.8. The van der Waals surface area contributed by atoms with Crippen molar-refractivity contribution in [1.29, 1.82) is 0 Å². The van der Waals surface area contributed by atoms with Crippen molar-refractivity contribution in [3.63, 3.8) is 0 Å². The van der Waals surface area contributed by atoms with Crippen LogP contribution < -0.4 is 0 Å². The van der Waals surface area contributed by atoms with Crippen LogP contribution in [0.3, 0.4) is 0 Å². The minimum Gasteiger partial charge on any atom is -0.466 e. The number of ether oxygens (including phenoxy) is 1. The third kappa shape index (κ3) is 4.40. The zero-order valence-electron chi connectivity index (χ0n) is 17.0. The van der Waals surface area contributed by atoms with Gasteiger partial charge < -0.3 is 9.64 Å². The lowest BCUT2D eigenvalue weighted by Crippen LogP contribution is -2.22. The van der Waals surface area contributed by atoms with Crippen molar-refractivity contribution in [1.82, 2.24) is 9.88 Å². The molecule has 0 N–H and O–H groups in total. The number of aromatic nitrogens is 1. The molecule has 150 valence electrons. The van der Waals surface area contributed by atoms with Gasteiger partial charge in [-0.1, -0.05) is 23.7 Å². The molecule has 0 aliphatic carbocycles. The Balaban J connectivity index is 2.26. The summed E-state index contributed by atoms with van der Waals surface area (Å²) < 4.78 is 5.17. The molecule has 6 heteroatoms. The highest BCUT2D eigenvalue weighted by Crippen LogP contribution is 2.35. The van der Waals surface area contributed by atoms with Crippen LogP contribution in [0.5, 0.6) is 0 Å². The summed E-state index contributed by atoms with van der Waals surface area (Å²) in [7, 11) is 3.39. The molecule has 2 aromatic carbocycles. The summed E-state index contributed by atoms with van der Waals surface area (Å²) >= 11 is 6.07. The molecule has 1 amide bonds. The van der Waals surface area contributed by atoms with Crippen molar-refractivity contribution in [2.24, 2.45) is 0 Å². The summed E-state index contributed by atoms with van der Waals surface area (Å²) in [6, 6.07) is 13.0. The fraction of sp³-hybridized carbons (Fsp3) is 0.261. The molecule has 0 saturated heterocycles. The molecule has 0 fully saturated rings. The summed E-state index contributed by atoms with van der Waals surface area (Å²) in [5.41, 5.74) is 4.70. The Kier molecular flexibility index (Phi) is 6.18. The molecule has 0 radical (unpaired) electrons. The van der Waals surface area contributed by atoms with E-state index in [9.17, 15) is 9.59 Å². The van der Waals surface area contributed by atoms with Gasteiger partial charge in [0.2, 0.25) is 0 Å². The van der Waals surface area contributed by atoms with E-state index in [0.717, 1.165) is 27.6 Å². The monoisotopic (exact) mass is 410 g/mol. The van der Waals surface area contributed by atoms with Crippen LogP contribution >= 0.6 is 11.6 Å². The van der Waals surface area contributed by atoms with E-state index in [-0.39, 0.29) is 18.3 Å². The van der Waals surface area contributed by atoms with Gasteiger partial charge in [-0.15, -0.1) is 0 Å². The average molecular weight is 411 g/mol. The first kappa shape index (κ1) is 20.8. The summed E-state index contributed by atoms with van der Waals surface area (Å²) in [5.74, 6) is -0.439. The van der Waals surface area contributed by atoms with Crippen LogP contribution in [-0.4, -0.2) is 42.5 Å². The maximum Gasteiger partial charge on any atom is 0.310 e. The molecule has 3 rings (SSSR count). The Bertz CT molecular complexity index is 1080. The van der Waals surface area contributed by atoms with Crippen molar-refractivity contribution in [3.05, 3.63) is 64.3 Å². The second kappa shape index (κ2) is 8.62. The minimum absolute atomic E-state index is 0.159. The fourth-order valence-electron chi connectivity index (χ4n) is 3.33. The number of fused-ring (bicyclic) bond motifs is 1. The number of pyridine rings is 1. The van der Waals surface area contributed by atoms with Gasteiger partial charge in [-0.05, 0) is 66.4 Å². The average Bonchev–Trinajstić information content (AvgIpc) is 2.68. The molecule has 0 unspecified atom stereocenters. The summed E-state index contributed by atoms with van der Waals surface area (Å²) in [4.78, 5) is 30.7. The summed E-state index contributed by atoms with van der Waals surface area (Å²) in [6.07, 6.45) is 0.159. The number of carbonyl (C=O) groups excluding carboxylic acids is 2. The number of rotatable bonds is 5. The molecule has 29 heavy (non-hydrogen) atoms. The van der Waals surface area contributed by atoms with E-state index in [2.05, 4.69) is 4.98 Å². The van der Waals surface area contributed by atoms with Crippen molar-refractivity contribution < 1.29 is 14.3 Å². The molecular weight excluding hydrogens is 388 g/mol. The van der Waals surface area contributed by atoms with Gasteiger partial charge >= 0.3 is 5.97 Å². The highest BCUT2D eigenvalue weighted by Gasteiger charge is 2.19.